The van der Waals surface area contributed by atoms with Gasteiger partial charge < -0.3 is 0 Å². The lowest BCUT2D eigenvalue weighted by atomic mass is 10.1. The molecule has 0 unspecified atom stereocenters. The van der Waals surface area contributed by atoms with E-state index in [1.165, 1.54) is 18.7 Å². The number of carbonyl (C=O) groups is 1. The van der Waals surface area contributed by atoms with E-state index >= 15 is 0 Å². The molecule has 0 fully saturated rings. The summed E-state index contributed by atoms with van der Waals surface area (Å²) >= 11 is 0. The second kappa shape index (κ2) is 4.14. The first-order chi connectivity index (χ1) is 7.66. The second-order valence-corrected chi connectivity index (χ2v) is 3.11. The standard InChI is InChI=1S/C11H6F2N2O/c12-9-1-7(2-10(13)3-9)11(16)8-4-14-6-15-5-8/h1-6H. The van der Waals surface area contributed by atoms with Crippen LogP contribution in [0, 0.1) is 11.6 Å². The number of benzene rings is 1. The Kier molecular flexibility index (Phi) is 2.68. The molecule has 0 saturated carbocycles. The number of ketones is 1. The highest BCUT2D eigenvalue weighted by molar-refractivity contribution is 6.08. The number of carbonyl (C=O) groups excluding carboxylic acids is 1. The van der Waals surface area contributed by atoms with Crippen LogP contribution in [0.15, 0.2) is 36.9 Å². The van der Waals surface area contributed by atoms with Gasteiger partial charge in [-0.05, 0) is 12.1 Å². The van der Waals surface area contributed by atoms with Gasteiger partial charge in [-0.3, -0.25) is 4.79 Å². The highest BCUT2D eigenvalue weighted by Crippen LogP contribution is 2.12. The van der Waals surface area contributed by atoms with Gasteiger partial charge in [-0.1, -0.05) is 0 Å². The van der Waals surface area contributed by atoms with E-state index in [2.05, 4.69) is 9.97 Å². The highest BCUT2D eigenvalue weighted by Gasteiger charge is 2.11. The van der Waals surface area contributed by atoms with E-state index in [-0.39, 0.29) is 11.1 Å². The Morgan fingerprint density at radius 3 is 2.06 bits per heavy atom. The first-order valence-electron chi connectivity index (χ1n) is 4.42. The average Bonchev–Trinajstić information content (AvgIpc) is 2.28. The van der Waals surface area contributed by atoms with Crippen LogP contribution in [0.25, 0.3) is 0 Å². The largest absolute Gasteiger partial charge is 0.288 e. The summed E-state index contributed by atoms with van der Waals surface area (Å²) in [6.45, 7) is 0. The fraction of sp³-hybridized carbons (Fsp3) is 0. The molecule has 0 bridgehead atoms. The van der Waals surface area contributed by atoms with Crippen molar-refractivity contribution in [3.63, 3.8) is 0 Å². The van der Waals surface area contributed by atoms with E-state index in [4.69, 9.17) is 0 Å². The van der Waals surface area contributed by atoms with E-state index in [1.807, 2.05) is 0 Å². The molecule has 0 atom stereocenters. The van der Waals surface area contributed by atoms with E-state index in [9.17, 15) is 13.6 Å². The zero-order valence-electron chi connectivity index (χ0n) is 8.02. The van der Waals surface area contributed by atoms with Gasteiger partial charge in [0, 0.05) is 24.0 Å². The molecule has 0 aliphatic carbocycles. The Morgan fingerprint density at radius 1 is 0.938 bits per heavy atom. The predicted octanol–water partition coefficient (Wildman–Crippen LogP) is 1.99. The SMILES string of the molecule is O=C(c1cncnc1)c1cc(F)cc(F)c1. The molecule has 0 saturated heterocycles. The Labute approximate surface area is 89.8 Å². The molecule has 1 aromatic heterocycles. The van der Waals surface area contributed by atoms with Crippen molar-refractivity contribution in [3.05, 3.63) is 59.7 Å². The second-order valence-electron chi connectivity index (χ2n) is 3.11. The van der Waals surface area contributed by atoms with Crippen molar-refractivity contribution in [2.75, 3.05) is 0 Å². The lowest BCUT2D eigenvalue weighted by Gasteiger charge is -2.00. The molecule has 0 aliphatic rings. The Balaban J connectivity index is 2.42. The topological polar surface area (TPSA) is 42.9 Å². The maximum atomic E-state index is 12.9. The molecule has 5 heteroatoms. The van der Waals surface area contributed by atoms with Crippen molar-refractivity contribution in [1.82, 2.24) is 9.97 Å². The van der Waals surface area contributed by atoms with E-state index < -0.39 is 17.4 Å². The smallest absolute Gasteiger partial charge is 0.196 e. The molecule has 3 nitrogen and oxygen atoms in total. The number of rotatable bonds is 2. The molecule has 1 aromatic carbocycles. The molecule has 0 amide bonds. The van der Waals surface area contributed by atoms with Crippen LogP contribution >= 0.6 is 0 Å². The summed E-state index contributed by atoms with van der Waals surface area (Å²) in [7, 11) is 0. The van der Waals surface area contributed by atoms with Crippen molar-refractivity contribution in [2.45, 2.75) is 0 Å². The summed E-state index contributed by atoms with van der Waals surface area (Å²) in [6.07, 6.45) is 3.85. The van der Waals surface area contributed by atoms with Crippen molar-refractivity contribution >= 4 is 5.78 Å². The van der Waals surface area contributed by atoms with Gasteiger partial charge in [-0.15, -0.1) is 0 Å². The zero-order chi connectivity index (χ0) is 11.5. The van der Waals surface area contributed by atoms with Crippen molar-refractivity contribution in [3.8, 4) is 0 Å². The van der Waals surface area contributed by atoms with Gasteiger partial charge in [0.25, 0.3) is 0 Å². The Bertz CT molecular complexity index is 509. The lowest BCUT2D eigenvalue weighted by molar-refractivity contribution is 0.103. The van der Waals surface area contributed by atoms with E-state index in [0.717, 1.165) is 12.1 Å². The number of aromatic nitrogens is 2. The molecule has 80 valence electrons. The molecule has 16 heavy (non-hydrogen) atoms. The number of hydrogen-bond donors (Lipinski definition) is 0. The molecule has 0 N–H and O–H groups in total. The van der Waals surface area contributed by atoms with Crippen LogP contribution in [0.1, 0.15) is 15.9 Å². The quantitative estimate of drug-likeness (QED) is 0.727. The van der Waals surface area contributed by atoms with Crippen LogP contribution in [-0.4, -0.2) is 15.8 Å². The van der Waals surface area contributed by atoms with E-state index in [1.54, 1.807) is 0 Å². The van der Waals surface area contributed by atoms with Crippen molar-refractivity contribution < 1.29 is 13.6 Å². The number of hydrogen-bond acceptors (Lipinski definition) is 3. The third kappa shape index (κ3) is 2.08. The summed E-state index contributed by atoms with van der Waals surface area (Å²) in [6, 6.07) is 2.65. The van der Waals surface area contributed by atoms with Crippen LogP contribution in [-0.2, 0) is 0 Å². The molecule has 0 aliphatic heterocycles. The molecule has 0 spiro atoms. The molecular formula is C11H6F2N2O. The maximum absolute atomic E-state index is 12.9. The third-order valence-electron chi connectivity index (χ3n) is 1.95. The average molecular weight is 220 g/mol. The van der Waals surface area contributed by atoms with Crippen LogP contribution in [0.4, 0.5) is 8.78 Å². The van der Waals surface area contributed by atoms with E-state index in [0.29, 0.717) is 6.07 Å². The zero-order valence-corrected chi connectivity index (χ0v) is 8.02. The van der Waals surface area contributed by atoms with Gasteiger partial charge >= 0.3 is 0 Å². The minimum absolute atomic E-state index is 0.0627. The predicted molar refractivity (Wildman–Crippen MR) is 51.8 cm³/mol. The molecule has 2 rings (SSSR count). The van der Waals surface area contributed by atoms with Gasteiger partial charge in [0.15, 0.2) is 5.78 Å². The van der Waals surface area contributed by atoms with Gasteiger partial charge in [0.2, 0.25) is 0 Å². The third-order valence-corrected chi connectivity index (χ3v) is 1.95. The van der Waals surface area contributed by atoms with Crippen LogP contribution in [0.3, 0.4) is 0 Å². The minimum Gasteiger partial charge on any atom is -0.288 e. The van der Waals surface area contributed by atoms with Crippen molar-refractivity contribution in [1.29, 1.82) is 0 Å². The summed E-state index contributed by atoms with van der Waals surface area (Å²) in [5, 5.41) is 0. The number of nitrogens with zero attached hydrogens (tertiary/aromatic N) is 2. The summed E-state index contributed by atoms with van der Waals surface area (Å²) in [5.41, 5.74) is 0.125. The van der Waals surface area contributed by atoms with Gasteiger partial charge in [0.1, 0.15) is 18.0 Å². The fourth-order valence-corrected chi connectivity index (χ4v) is 1.27. The molecule has 0 radical (unpaired) electrons. The Morgan fingerprint density at radius 2 is 1.50 bits per heavy atom. The van der Waals surface area contributed by atoms with Gasteiger partial charge in [0.05, 0.1) is 5.56 Å². The monoisotopic (exact) mass is 220 g/mol. The Hall–Kier alpha value is -2.17. The van der Waals surface area contributed by atoms with Crippen LogP contribution in [0.2, 0.25) is 0 Å². The minimum atomic E-state index is -0.791. The van der Waals surface area contributed by atoms with Gasteiger partial charge in [-0.2, -0.15) is 0 Å². The van der Waals surface area contributed by atoms with Crippen LogP contribution in [0.5, 0.6) is 0 Å². The summed E-state index contributed by atoms with van der Waals surface area (Å²) in [5.74, 6) is -2.10. The first-order valence-corrected chi connectivity index (χ1v) is 4.42. The summed E-state index contributed by atoms with van der Waals surface area (Å²) < 4.78 is 25.8. The highest BCUT2D eigenvalue weighted by atomic mass is 19.1. The molecule has 2 aromatic rings. The summed E-state index contributed by atoms with van der Waals surface area (Å²) in [4.78, 5) is 19.1. The lowest BCUT2D eigenvalue weighted by Crippen LogP contribution is -2.03. The molecular weight excluding hydrogens is 214 g/mol. The number of halogens is 2. The molecule has 1 heterocycles. The first kappa shape index (κ1) is 10.4. The fourth-order valence-electron chi connectivity index (χ4n) is 1.27. The van der Waals surface area contributed by atoms with Crippen LogP contribution < -0.4 is 0 Å². The van der Waals surface area contributed by atoms with Crippen molar-refractivity contribution in [2.24, 2.45) is 0 Å². The van der Waals surface area contributed by atoms with Gasteiger partial charge in [-0.25, -0.2) is 18.7 Å². The normalized spacial score (nSPS) is 10.1. The maximum Gasteiger partial charge on any atom is 0.196 e.